The lowest BCUT2D eigenvalue weighted by Gasteiger charge is -2.06. The molecule has 0 saturated carbocycles. The second-order valence-corrected chi connectivity index (χ2v) is 4.30. The number of phenolic OH excluding ortho intramolecular Hbond substituents is 1. The lowest BCUT2D eigenvalue weighted by Crippen LogP contribution is -2.31. The van der Waals surface area contributed by atoms with Crippen molar-refractivity contribution in [2.75, 3.05) is 13.1 Å². The van der Waals surface area contributed by atoms with Gasteiger partial charge in [-0.2, -0.15) is 0 Å². The normalized spacial score (nSPS) is 9.95. The van der Waals surface area contributed by atoms with Crippen LogP contribution in [0.2, 0.25) is 0 Å². The summed E-state index contributed by atoms with van der Waals surface area (Å²) in [5.74, 6) is -0.0716. The number of aromatic hydroxyl groups is 1. The Kier molecular flexibility index (Phi) is 6.43. The van der Waals surface area contributed by atoms with Crippen LogP contribution in [-0.2, 0) is 16.0 Å². The smallest absolute Gasteiger partial charge is 0.224 e. The molecule has 5 nitrogen and oxygen atoms in total. The van der Waals surface area contributed by atoms with E-state index >= 15 is 0 Å². The van der Waals surface area contributed by atoms with Gasteiger partial charge in [0, 0.05) is 19.5 Å². The fraction of sp³-hybridized carbons (Fsp3) is 0.429. The van der Waals surface area contributed by atoms with Crippen LogP contribution in [0, 0.1) is 0 Å². The number of hydrogen-bond donors (Lipinski definition) is 3. The molecule has 0 aliphatic rings. The van der Waals surface area contributed by atoms with Gasteiger partial charge in [0.05, 0.1) is 6.42 Å². The molecule has 0 heterocycles. The van der Waals surface area contributed by atoms with Crippen molar-refractivity contribution in [3.63, 3.8) is 0 Å². The first-order chi connectivity index (χ1) is 9.11. The van der Waals surface area contributed by atoms with Crippen molar-refractivity contribution in [1.82, 2.24) is 10.6 Å². The molecule has 0 radical (unpaired) electrons. The van der Waals surface area contributed by atoms with Crippen LogP contribution in [0.1, 0.15) is 25.3 Å². The highest BCUT2D eigenvalue weighted by molar-refractivity contribution is 5.80. The predicted octanol–water partition coefficient (Wildman–Crippen LogP) is 0.967. The zero-order chi connectivity index (χ0) is 14.1. The van der Waals surface area contributed by atoms with E-state index in [-0.39, 0.29) is 30.4 Å². The first kappa shape index (κ1) is 15.0. The Hall–Kier alpha value is -2.04. The van der Waals surface area contributed by atoms with Gasteiger partial charge >= 0.3 is 0 Å². The number of nitrogens with one attached hydrogen (secondary N) is 2. The van der Waals surface area contributed by atoms with Crippen LogP contribution in [0.3, 0.4) is 0 Å². The van der Waals surface area contributed by atoms with Crippen LogP contribution in [0.25, 0.3) is 0 Å². The van der Waals surface area contributed by atoms with Crippen molar-refractivity contribution in [1.29, 1.82) is 0 Å². The number of phenols is 1. The maximum absolute atomic E-state index is 11.6. The number of benzene rings is 1. The molecule has 0 fully saturated rings. The molecule has 0 saturated heterocycles. The standard InChI is InChI=1S/C14H20N2O3/c1-2-7-15-13(18)6-8-16-14(19)10-11-4-3-5-12(17)9-11/h3-5,9,17H,2,6-8,10H2,1H3,(H,15,18)(H,16,19). The highest BCUT2D eigenvalue weighted by atomic mass is 16.3. The average molecular weight is 264 g/mol. The second kappa shape index (κ2) is 8.13. The van der Waals surface area contributed by atoms with Gasteiger partial charge in [-0.3, -0.25) is 9.59 Å². The first-order valence-corrected chi connectivity index (χ1v) is 6.43. The van der Waals surface area contributed by atoms with Gasteiger partial charge in [0.2, 0.25) is 11.8 Å². The van der Waals surface area contributed by atoms with E-state index in [2.05, 4.69) is 10.6 Å². The highest BCUT2D eigenvalue weighted by Gasteiger charge is 2.05. The summed E-state index contributed by atoms with van der Waals surface area (Å²) in [7, 11) is 0. The minimum atomic E-state index is -0.158. The van der Waals surface area contributed by atoms with E-state index in [4.69, 9.17) is 0 Å². The Morgan fingerprint density at radius 3 is 2.58 bits per heavy atom. The first-order valence-electron chi connectivity index (χ1n) is 6.43. The van der Waals surface area contributed by atoms with Crippen molar-refractivity contribution in [3.05, 3.63) is 29.8 Å². The molecule has 1 aromatic rings. The van der Waals surface area contributed by atoms with Crippen molar-refractivity contribution in [2.24, 2.45) is 0 Å². The summed E-state index contributed by atoms with van der Waals surface area (Å²) in [5.41, 5.74) is 0.743. The number of carbonyl (C=O) groups is 2. The molecule has 1 rings (SSSR count). The number of rotatable bonds is 7. The predicted molar refractivity (Wildman–Crippen MR) is 72.7 cm³/mol. The monoisotopic (exact) mass is 264 g/mol. The molecule has 19 heavy (non-hydrogen) atoms. The Morgan fingerprint density at radius 1 is 1.16 bits per heavy atom. The lowest BCUT2D eigenvalue weighted by molar-refractivity contribution is -0.122. The fourth-order valence-corrected chi connectivity index (χ4v) is 1.58. The van der Waals surface area contributed by atoms with Gasteiger partial charge in [-0.05, 0) is 24.1 Å². The maximum atomic E-state index is 11.6. The molecule has 1 aromatic carbocycles. The minimum Gasteiger partial charge on any atom is -0.508 e. The summed E-state index contributed by atoms with van der Waals surface area (Å²) in [4.78, 5) is 22.9. The fourth-order valence-electron chi connectivity index (χ4n) is 1.58. The molecule has 0 aliphatic heterocycles. The molecular formula is C14H20N2O3. The zero-order valence-corrected chi connectivity index (χ0v) is 11.1. The zero-order valence-electron chi connectivity index (χ0n) is 11.1. The maximum Gasteiger partial charge on any atom is 0.224 e. The van der Waals surface area contributed by atoms with Crippen LogP contribution >= 0.6 is 0 Å². The third-order valence-electron chi connectivity index (χ3n) is 2.52. The van der Waals surface area contributed by atoms with Gasteiger partial charge in [0.25, 0.3) is 0 Å². The minimum absolute atomic E-state index is 0.0560. The molecule has 0 aromatic heterocycles. The summed E-state index contributed by atoms with van der Waals surface area (Å²) >= 11 is 0. The van der Waals surface area contributed by atoms with Crippen molar-refractivity contribution >= 4 is 11.8 Å². The molecule has 2 amide bonds. The van der Waals surface area contributed by atoms with Gasteiger partial charge in [-0.1, -0.05) is 19.1 Å². The molecule has 0 bridgehead atoms. The van der Waals surface area contributed by atoms with E-state index in [0.29, 0.717) is 13.1 Å². The topological polar surface area (TPSA) is 78.4 Å². The van der Waals surface area contributed by atoms with E-state index in [0.717, 1.165) is 12.0 Å². The van der Waals surface area contributed by atoms with Crippen LogP contribution in [0.5, 0.6) is 5.75 Å². The largest absolute Gasteiger partial charge is 0.508 e. The van der Waals surface area contributed by atoms with Gasteiger partial charge < -0.3 is 15.7 Å². The number of carbonyl (C=O) groups excluding carboxylic acids is 2. The van der Waals surface area contributed by atoms with Crippen molar-refractivity contribution in [2.45, 2.75) is 26.2 Å². The van der Waals surface area contributed by atoms with Crippen LogP contribution in [0.15, 0.2) is 24.3 Å². The van der Waals surface area contributed by atoms with Crippen LogP contribution < -0.4 is 10.6 Å². The SMILES string of the molecule is CCCNC(=O)CCNC(=O)Cc1cccc(O)c1. The summed E-state index contributed by atoms with van der Waals surface area (Å²) < 4.78 is 0. The Bertz CT molecular complexity index is 432. The highest BCUT2D eigenvalue weighted by Crippen LogP contribution is 2.11. The molecule has 3 N–H and O–H groups in total. The molecule has 104 valence electrons. The van der Waals surface area contributed by atoms with Gasteiger partial charge in [0.1, 0.15) is 5.75 Å². The van der Waals surface area contributed by atoms with E-state index < -0.39 is 0 Å². The molecule has 0 spiro atoms. The Labute approximate surface area is 113 Å². The summed E-state index contributed by atoms with van der Waals surface area (Å²) in [5, 5.41) is 14.7. The van der Waals surface area contributed by atoms with Crippen molar-refractivity contribution < 1.29 is 14.7 Å². The molecule has 5 heteroatoms. The molecule has 0 atom stereocenters. The number of hydrogen-bond acceptors (Lipinski definition) is 3. The molecular weight excluding hydrogens is 244 g/mol. The van der Waals surface area contributed by atoms with Gasteiger partial charge in [-0.25, -0.2) is 0 Å². The van der Waals surface area contributed by atoms with Crippen LogP contribution in [-0.4, -0.2) is 30.0 Å². The summed E-state index contributed by atoms with van der Waals surface area (Å²) in [6, 6.07) is 6.57. The van der Waals surface area contributed by atoms with Gasteiger partial charge in [0.15, 0.2) is 0 Å². The average Bonchev–Trinajstić information content (AvgIpc) is 2.36. The van der Waals surface area contributed by atoms with E-state index in [1.165, 1.54) is 0 Å². The Morgan fingerprint density at radius 2 is 1.89 bits per heavy atom. The van der Waals surface area contributed by atoms with Crippen molar-refractivity contribution in [3.8, 4) is 5.75 Å². The second-order valence-electron chi connectivity index (χ2n) is 4.30. The van der Waals surface area contributed by atoms with E-state index in [9.17, 15) is 14.7 Å². The van der Waals surface area contributed by atoms with Gasteiger partial charge in [-0.15, -0.1) is 0 Å². The molecule has 0 aliphatic carbocycles. The van der Waals surface area contributed by atoms with E-state index in [1.807, 2.05) is 6.92 Å². The number of amides is 2. The lowest BCUT2D eigenvalue weighted by atomic mass is 10.1. The quantitative estimate of drug-likeness (QED) is 0.686. The van der Waals surface area contributed by atoms with E-state index in [1.54, 1.807) is 24.3 Å². The third kappa shape index (κ3) is 6.45. The summed E-state index contributed by atoms with van der Waals surface area (Å²) in [6.07, 6.45) is 1.38. The van der Waals surface area contributed by atoms with Crippen LogP contribution in [0.4, 0.5) is 0 Å². The Balaban J connectivity index is 2.23. The molecule has 0 unspecified atom stereocenters. The summed E-state index contributed by atoms with van der Waals surface area (Å²) in [6.45, 7) is 2.97. The third-order valence-corrected chi connectivity index (χ3v) is 2.52.